The van der Waals surface area contributed by atoms with Crippen molar-refractivity contribution < 1.29 is 9.90 Å². The number of urea groups is 1. The first-order valence-corrected chi connectivity index (χ1v) is 7.33. The third-order valence-corrected chi connectivity index (χ3v) is 4.18. The van der Waals surface area contributed by atoms with Gasteiger partial charge in [0.05, 0.1) is 11.8 Å². The van der Waals surface area contributed by atoms with Crippen LogP contribution in [-0.2, 0) is 0 Å². The summed E-state index contributed by atoms with van der Waals surface area (Å²) in [5.41, 5.74) is 0.834. The number of aliphatic hydroxyl groups is 1. The third-order valence-electron chi connectivity index (χ3n) is 3.50. The van der Waals surface area contributed by atoms with Crippen LogP contribution in [0.1, 0.15) is 25.7 Å². The summed E-state index contributed by atoms with van der Waals surface area (Å²) >= 11 is 1.56. The van der Waals surface area contributed by atoms with Gasteiger partial charge in [-0.1, -0.05) is 12.8 Å². The van der Waals surface area contributed by atoms with Gasteiger partial charge in [0.15, 0.2) is 0 Å². The molecule has 0 aromatic carbocycles. The molecule has 1 aromatic heterocycles. The van der Waals surface area contributed by atoms with E-state index in [4.69, 9.17) is 0 Å². The number of carbonyl (C=O) groups is 1. The molecule has 5 heteroatoms. The Kier molecular flexibility index (Phi) is 4.60. The van der Waals surface area contributed by atoms with Crippen LogP contribution in [0.5, 0.6) is 0 Å². The summed E-state index contributed by atoms with van der Waals surface area (Å²) in [6, 6.07) is 1.78. The second kappa shape index (κ2) is 6.20. The number of amides is 2. The molecule has 1 saturated carbocycles. The van der Waals surface area contributed by atoms with E-state index in [1.807, 2.05) is 16.8 Å². The van der Waals surface area contributed by atoms with E-state index < -0.39 is 0 Å². The minimum atomic E-state index is -0.254. The SMILES string of the molecule is CN(CC1CCCCC1O)C(=O)Nc1ccsc1. The summed E-state index contributed by atoms with van der Waals surface area (Å²) in [6.07, 6.45) is 3.88. The molecule has 1 aliphatic carbocycles. The first kappa shape index (κ1) is 13.4. The Hall–Kier alpha value is -1.07. The number of hydrogen-bond acceptors (Lipinski definition) is 3. The zero-order valence-corrected chi connectivity index (χ0v) is 11.4. The maximum atomic E-state index is 11.9. The average Bonchev–Trinajstić information content (AvgIpc) is 2.84. The van der Waals surface area contributed by atoms with Crippen molar-refractivity contribution in [3.05, 3.63) is 16.8 Å². The number of thiophene rings is 1. The number of nitrogens with one attached hydrogen (secondary N) is 1. The molecule has 2 unspecified atom stereocenters. The highest BCUT2D eigenvalue weighted by Gasteiger charge is 2.25. The Morgan fingerprint density at radius 2 is 2.33 bits per heavy atom. The number of hydrogen-bond donors (Lipinski definition) is 2. The predicted octanol–water partition coefficient (Wildman–Crippen LogP) is 2.76. The number of aliphatic hydroxyl groups excluding tert-OH is 1. The second-order valence-corrected chi connectivity index (χ2v) is 5.71. The summed E-state index contributed by atoms with van der Waals surface area (Å²) in [5, 5.41) is 16.6. The predicted molar refractivity (Wildman–Crippen MR) is 73.9 cm³/mol. The fourth-order valence-corrected chi connectivity index (χ4v) is 2.98. The molecule has 2 atom stereocenters. The molecular formula is C13H20N2O2S. The molecule has 0 radical (unpaired) electrons. The highest BCUT2D eigenvalue weighted by molar-refractivity contribution is 7.08. The molecule has 2 amide bonds. The Morgan fingerprint density at radius 3 is 3.00 bits per heavy atom. The zero-order chi connectivity index (χ0) is 13.0. The highest BCUT2D eigenvalue weighted by atomic mass is 32.1. The van der Waals surface area contributed by atoms with Crippen molar-refractivity contribution in [1.82, 2.24) is 4.90 Å². The van der Waals surface area contributed by atoms with Crippen molar-refractivity contribution in [2.24, 2.45) is 5.92 Å². The third kappa shape index (κ3) is 3.46. The lowest BCUT2D eigenvalue weighted by atomic mass is 9.86. The molecule has 0 aliphatic heterocycles. The molecule has 18 heavy (non-hydrogen) atoms. The Balaban J connectivity index is 1.83. The lowest BCUT2D eigenvalue weighted by Gasteiger charge is -2.31. The van der Waals surface area contributed by atoms with Crippen LogP contribution in [0.15, 0.2) is 16.8 Å². The summed E-state index contributed by atoms with van der Waals surface area (Å²) in [7, 11) is 1.78. The van der Waals surface area contributed by atoms with Gasteiger partial charge in [-0.05, 0) is 24.3 Å². The molecule has 0 spiro atoms. The van der Waals surface area contributed by atoms with Gasteiger partial charge in [0.25, 0.3) is 0 Å². The van der Waals surface area contributed by atoms with Crippen molar-refractivity contribution in [1.29, 1.82) is 0 Å². The molecule has 0 saturated heterocycles. The zero-order valence-electron chi connectivity index (χ0n) is 10.6. The van der Waals surface area contributed by atoms with Gasteiger partial charge < -0.3 is 15.3 Å². The maximum Gasteiger partial charge on any atom is 0.321 e. The molecule has 2 rings (SSSR count). The molecule has 1 aliphatic rings. The van der Waals surface area contributed by atoms with Gasteiger partial charge >= 0.3 is 6.03 Å². The molecule has 1 heterocycles. The number of carbonyl (C=O) groups excluding carboxylic acids is 1. The lowest BCUT2D eigenvalue weighted by molar-refractivity contribution is 0.0575. The Labute approximate surface area is 112 Å². The van der Waals surface area contributed by atoms with Crippen LogP contribution in [0.2, 0.25) is 0 Å². The van der Waals surface area contributed by atoms with Gasteiger partial charge in [-0.15, -0.1) is 0 Å². The van der Waals surface area contributed by atoms with E-state index in [-0.39, 0.29) is 18.1 Å². The van der Waals surface area contributed by atoms with E-state index in [1.165, 1.54) is 0 Å². The van der Waals surface area contributed by atoms with Crippen LogP contribution in [-0.4, -0.2) is 35.7 Å². The van der Waals surface area contributed by atoms with Crippen molar-refractivity contribution in [2.75, 3.05) is 18.9 Å². The molecular weight excluding hydrogens is 248 g/mol. The van der Waals surface area contributed by atoms with Crippen LogP contribution >= 0.6 is 11.3 Å². The topological polar surface area (TPSA) is 52.6 Å². The highest BCUT2D eigenvalue weighted by Crippen LogP contribution is 2.25. The van der Waals surface area contributed by atoms with E-state index in [2.05, 4.69) is 5.32 Å². The number of nitrogens with zero attached hydrogens (tertiary/aromatic N) is 1. The van der Waals surface area contributed by atoms with E-state index in [1.54, 1.807) is 23.3 Å². The van der Waals surface area contributed by atoms with Crippen LogP contribution in [0.4, 0.5) is 10.5 Å². The number of anilines is 1. The Morgan fingerprint density at radius 1 is 1.56 bits per heavy atom. The summed E-state index contributed by atoms with van der Waals surface area (Å²) in [4.78, 5) is 13.6. The summed E-state index contributed by atoms with van der Waals surface area (Å²) in [6.45, 7) is 0.622. The van der Waals surface area contributed by atoms with Gasteiger partial charge in [-0.2, -0.15) is 11.3 Å². The fraction of sp³-hybridized carbons (Fsp3) is 0.615. The molecule has 1 fully saturated rings. The largest absolute Gasteiger partial charge is 0.393 e. The van der Waals surface area contributed by atoms with E-state index in [0.29, 0.717) is 6.54 Å². The van der Waals surface area contributed by atoms with Crippen molar-refractivity contribution >= 4 is 23.1 Å². The van der Waals surface area contributed by atoms with Crippen molar-refractivity contribution in [2.45, 2.75) is 31.8 Å². The van der Waals surface area contributed by atoms with Gasteiger partial charge in [0.2, 0.25) is 0 Å². The fourth-order valence-electron chi connectivity index (χ4n) is 2.39. The standard InChI is InChI=1S/C13H20N2O2S/c1-15(8-10-4-2-3-5-12(10)16)13(17)14-11-6-7-18-9-11/h6-7,9-10,12,16H,2-5,8H2,1H3,(H,14,17). The van der Waals surface area contributed by atoms with E-state index in [0.717, 1.165) is 31.4 Å². The number of rotatable bonds is 3. The normalized spacial score (nSPS) is 23.7. The van der Waals surface area contributed by atoms with Crippen LogP contribution in [0.3, 0.4) is 0 Å². The van der Waals surface area contributed by atoms with Crippen LogP contribution in [0.25, 0.3) is 0 Å². The molecule has 0 bridgehead atoms. The molecule has 100 valence electrons. The average molecular weight is 268 g/mol. The van der Waals surface area contributed by atoms with Gasteiger partial charge in [-0.3, -0.25) is 0 Å². The van der Waals surface area contributed by atoms with Crippen molar-refractivity contribution in [3.63, 3.8) is 0 Å². The molecule has 1 aromatic rings. The van der Waals surface area contributed by atoms with Gasteiger partial charge in [0.1, 0.15) is 0 Å². The molecule has 4 nitrogen and oxygen atoms in total. The van der Waals surface area contributed by atoms with E-state index >= 15 is 0 Å². The molecule has 2 N–H and O–H groups in total. The van der Waals surface area contributed by atoms with Gasteiger partial charge in [-0.25, -0.2) is 4.79 Å². The van der Waals surface area contributed by atoms with E-state index in [9.17, 15) is 9.90 Å². The summed E-state index contributed by atoms with van der Waals surface area (Å²) in [5.74, 6) is 0.219. The Bertz CT molecular complexity index is 380. The van der Waals surface area contributed by atoms with Crippen LogP contribution in [0, 0.1) is 5.92 Å². The minimum Gasteiger partial charge on any atom is -0.393 e. The van der Waals surface area contributed by atoms with Crippen molar-refractivity contribution in [3.8, 4) is 0 Å². The monoisotopic (exact) mass is 268 g/mol. The lowest BCUT2D eigenvalue weighted by Crippen LogP contribution is -2.39. The first-order chi connectivity index (χ1) is 8.66. The smallest absolute Gasteiger partial charge is 0.321 e. The van der Waals surface area contributed by atoms with Gasteiger partial charge in [0, 0.05) is 24.9 Å². The maximum absolute atomic E-state index is 11.9. The summed E-state index contributed by atoms with van der Waals surface area (Å²) < 4.78 is 0. The minimum absolute atomic E-state index is 0.105. The van der Waals surface area contributed by atoms with Crippen LogP contribution < -0.4 is 5.32 Å². The first-order valence-electron chi connectivity index (χ1n) is 6.39. The quantitative estimate of drug-likeness (QED) is 0.885. The second-order valence-electron chi connectivity index (χ2n) is 4.93.